The molecule has 2 fully saturated rings. The van der Waals surface area contributed by atoms with E-state index in [2.05, 4.69) is 61.0 Å². The summed E-state index contributed by atoms with van der Waals surface area (Å²) in [6, 6.07) is 6.11. The number of guanidine groups is 1. The Kier molecular flexibility index (Phi) is 7.29. The summed E-state index contributed by atoms with van der Waals surface area (Å²) in [6.45, 7) is 13.1. The predicted octanol–water partition coefficient (Wildman–Crippen LogP) is 0.663. The van der Waals surface area contributed by atoms with E-state index in [0.29, 0.717) is 5.92 Å². The summed E-state index contributed by atoms with van der Waals surface area (Å²) < 4.78 is 0. The minimum Gasteiger partial charge on any atom is -0.356 e. The van der Waals surface area contributed by atoms with Gasteiger partial charge in [-0.1, -0.05) is 13.0 Å². The van der Waals surface area contributed by atoms with E-state index in [1.807, 2.05) is 19.3 Å². The summed E-state index contributed by atoms with van der Waals surface area (Å²) in [4.78, 5) is 18.7. The van der Waals surface area contributed by atoms with Crippen molar-refractivity contribution in [3.05, 3.63) is 24.4 Å². The van der Waals surface area contributed by atoms with E-state index >= 15 is 0 Å². The molecule has 2 saturated heterocycles. The monoisotopic (exact) mass is 373 g/mol. The van der Waals surface area contributed by atoms with Crippen LogP contribution in [0.1, 0.15) is 6.92 Å². The molecule has 1 aromatic rings. The number of nitrogens with one attached hydrogen (secondary N) is 1. The molecule has 0 amide bonds. The Balaban J connectivity index is 1.40. The zero-order chi connectivity index (χ0) is 19.1. The molecule has 0 spiro atoms. The Morgan fingerprint density at radius 2 is 1.85 bits per heavy atom. The van der Waals surface area contributed by atoms with Gasteiger partial charge in [0.1, 0.15) is 5.82 Å². The van der Waals surface area contributed by atoms with Gasteiger partial charge in [0.15, 0.2) is 5.96 Å². The molecule has 0 bridgehead atoms. The van der Waals surface area contributed by atoms with Crippen LogP contribution in [0.2, 0.25) is 0 Å². The highest BCUT2D eigenvalue weighted by Gasteiger charge is 2.21. The van der Waals surface area contributed by atoms with Crippen LogP contribution in [0.4, 0.5) is 5.82 Å². The highest BCUT2D eigenvalue weighted by molar-refractivity contribution is 5.80. The van der Waals surface area contributed by atoms with E-state index < -0.39 is 0 Å². The summed E-state index contributed by atoms with van der Waals surface area (Å²) in [5.74, 6) is 2.71. The lowest BCUT2D eigenvalue weighted by molar-refractivity contribution is 0.139. The number of hydrogen-bond acceptors (Lipinski definition) is 5. The second kappa shape index (κ2) is 9.90. The molecular formula is C20H35N7. The fourth-order valence-electron chi connectivity index (χ4n) is 3.82. The molecule has 2 aliphatic rings. The van der Waals surface area contributed by atoms with E-state index in [9.17, 15) is 0 Å². The molecule has 1 aromatic heterocycles. The molecule has 7 heteroatoms. The van der Waals surface area contributed by atoms with Gasteiger partial charge in [0, 0.05) is 78.7 Å². The van der Waals surface area contributed by atoms with Crippen molar-refractivity contribution in [2.75, 3.05) is 84.4 Å². The average molecular weight is 374 g/mol. The molecule has 3 heterocycles. The van der Waals surface area contributed by atoms with Gasteiger partial charge in [-0.05, 0) is 25.1 Å². The lowest BCUT2D eigenvalue weighted by atomic mass is 10.1. The minimum atomic E-state index is 0.611. The molecule has 3 rings (SSSR count). The number of hydrogen-bond donors (Lipinski definition) is 1. The summed E-state index contributed by atoms with van der Waals surface area (Å²) >= 11 is 0. The van der Waals surface area contributed by atoms with Gasteiger partial charge in [0.05, 0.1) is 0 Å². The molecule has 150 valence electrons. The van der Waals surface area contributed by atoms with Crippen molar-refractivity contribution in [2.24, 2.45) is 10.9 Å². The largest absolute Gasteiger partial charge is 0.356 e. The second-order valence-electron chi connectivity index (χ2n) is 7.80. The third-order valence-corrected chi connectivity index (χ3v) is 5.54. The molecular weight excluding hydrogens is 338 g/mol. The first-order valence-corrected chi connectivity index (χ1v) is 10.2. The van der Waals surface area contributed by atoms with Gasteiger partial charge in [0.2, 0.25) is 0 Å². The van der Waals surface area contributed by atoms with Crippen LogP contribution in [-0.2, 0) is 0 Å². The number of anilines is 1. The Labute approximate surface area is 164 Å². The van der Waals surface area contributed by atoms with Crippen molar-refractivity contribution in [3.8, 4) is 0 Å². The van der Waals surface area contributed by atoms with E-state index in [1.54, 1.807) is 0 Å². The maximum Gasteiger partial charge on any atom is 0.193 e. The summed E-state index contributed by atoms with van der Waals surface area (Å²) in [6.07, 6.45) is 1.87. The SMILES string of the molecule is CN=C(NCC(C)CN1CCN(C)CC1)N1CCN(c2ccccn2)CC1. The number of nitrogens with zero attached hydrogens (tertiary/aromatic N) is 6. The Morgan fingerprint density at radius 1 is 1.11 bits per heavy atom. The normalized spacial score (nSPS) is 21.4. The quantitative estimate of drug-likeness (QED) is 0.605. The van der Waals surface area contributed by atoms with E-state index in [4.69, 9.17) is 0 Å². The van der Waals surface area contributed by atoms with Crippen LogP contribution >= 0.6 is 0 Å². The minimum absolute atomic E-state index is 0.611. The number of piperazine rings is 2. The molecule has 1 N–H and O–H groups in total. The predicted molar refractivity (Wildman–Crippen MR) is 112 cm³/mol. The Morgan fingerprint density at radius 3 is 2.48 bits per heavy atom. The number of aromatic nitrogens is 1. The van der Waals surface area contributed by atoms with Crippen LogP contribution in [0.5, 0.6) is 0 Å². The van der Waals surface area contributed by atoms with Gasteiger partial charge in [-0.2, -0.15) is 0 Å². The number of pyridine rings is 1. The highest BCUT2D eigenvalue weighted by Crippen LogP contribution is 2.12. The van der Waals surface area contributed by atoms with Crippen molar-refractivity contribution < 1.29 is 0 Å². The van der Waals surface area contributed by atoms with Gasteiger partial charge < -0.3 is 24.9 Å². The highest BCUT2D eigenvalue weighted by atomic mass is 15.4. The Hall–Kier alpha value is -1.86. The zero-order valence-corrected chi connectivity index (χ0v) is 17.1. The van der Waals surface area contributed by atoms with Crippen molar-refractivity contribution in [1.82, 2.24) is 25.0 Å². The van der Waals surface area contributed by atoms with Gasteiger partial charge >= 0.3 is 0 Å². The van der Waals surface area contributed by atoms with Crippen LogP contribution in [-0.4, -0.2) is 105 Å². The molecule has 0 aromatic carbocycles. The lowest BCUT2D eigenvalue weighted by Gasteiger charge is -2.37. The standard InChI is InChI=1S/C20H35N7/c1-18(17-25-10-8-24(3)9-11-25)16-23-20(21-2)27-14-12-26(13-15-27)19-6-4-5-7-22-19/h4-7,18H,8-17H2,1-3H3,(H,21,23). The zero-order valence-electron chi connectivity index (χ0n) is 17.1. The molecule has 7 nitrogen and oxygen atoms in total. The Bertz CT molecular complexity index is 575. The van der Waals surface area contributed by atoms with E-state index in [-0.39, 0.29) is 0 Å². The molecule has 2 aliphatic heterocycles. The molecule has 0 radical (unpaired) electrons. The van der Waals surface area contributed by atoms with Crippen LogP contribution in [0.25, 0.3) is 0 Å². The van der Waals surface area contributed by atoms with Crippen molar-refractivity contribution in [3.63, 3.8) is 0 Å². The number of likely N-dealkylation sites (N-methyl/N-ethyl adjacent to an activating group) is 1. The van der Waals surface area contributed by atoms with E-state index in [1.165, 1.54) is 26.2 Å². The summed E-state index contributed by atoms with van der Waals surface area (Å²) in [5.41, 5.74) is 0. The first-order chi connectivity index (χ1) is 13.2. The maximum absolute atomic E-state index is 4.52. The van der Waals surface area contributed by atoms with Gasteiger partial charge in [-0.15, -0.1) is 0 Å². The van der Waals surface area contributed by atoms with Gasteiger partial charge in [-0.25, -0.2) is 4.98 Å². The molecule has 0 aliphatic carbocycles. The average Bonchev–Trinajstić information content (AvgIpc) is 2.71. The number of aliphatic imine (C=N–C) groups is 1. The third-order valence-electron chi connectivity index (χ3n) is 5.54. The second-order valence-corrected chi connectivity index (χ2v) is 7.80. The molecule has 0 saturated carbocycles. The molecule has 1 atom stereocenters. The third kappa shape index (κ3) is 5.81. The molecule has 27 heavy (non-hydrogen) atoms. The van der Waals surface area contributed by atoms with Crippen LogP contribution in [0.3, 0.4) is 0 Å². The van der Waals surface area contributed by atoms with Gasteiger partial charge in [0.25, 0.3) is 0 Å². The summed E-state index contributed by atoms with van der Waals surface area (Å²) in [7, 11) is 4.10. The first-order valence-electron chi connectivity index (χ1n) is 10.2. The number of rotatable bonds is 5. The first kappa shape index (κ1) is 19.9. The maximum atomic E-state index is 4.52. The smallest absolute Gasteiger partial charge is 0.193 e. The van der Waals surface area contributed by atoms with Crippen LogP contribution in [0, 0.1) is 5.92 Å². The van der Waals surface area contributed by atoms with E-state index in [0.717, 1.165) is 51.0 Å². The fourth-order valence-corrected chi connectivity index (χ4v) is 3.82. The fraction of sp³-hybridized carbons (Fsp3) is 0.700. The topological polar surface area (TPSA) is 50.2 Å². The van der Waals surface area contributed by atoms with Crippen molar-refractivity contribution in [1.29, 1.82) is 0 Å². The van der Waals surface area contributed by atoms with Crippen molar-refractivity contribution in [2.45, 2.75) is 6.92 Å². The van der Waals surface area contributed by atoms with Crippen LogP contribution < -0.4 is 10.2 Å². The molecule has 1 unspecified atom stereocenters. The summed E-state index contributed by atoms with van der Waals surface area (Å²) in [5, 5.41) is 3.60. The van der Waals surface area contributed by atoms with Crippen LogP contribution in [0.15, 0.2) is 29.4 Å². The van der Waals surface area contributed by atoms with Crippen molar-refractivity contribution >= 4 is 11.8 Å². The van der Waals surface area contributed by atoms with Gasteiger partial charge in [-0.3, -0.25) is 4.99 Å². The lowest BCUT2D eigenvalue weighted by Crippen LogP contribution is -2.53.